The molecule has 4 rings (SSSR count). The Morgan fingerprint density at radius 3 is 2.65 bits per heavy atom. The van der Waals surface area contributed by atoms with Crippen LogP contribution in [0.15, 0.2) is 53.9 Å². The molecule has 0 aliphatic carbocycles. The highest BCUT2D eigenvalue weighted by Gasteiger charge is 2.20. The molecule has 116 valence electrons. The van der Waals surface area contributed by atoms with Gasteiger partial charge in [-0.1, -0.05) is 54.1 Å². The average molecular weight is 321 g/mol. The SMILES string of the molecule is Cc1ccc(-c2nc(C[NH+]3CCc4ccccc4C3)cs2)cc1. The predicted molar refractivity (Wildman–Crippen MR) is 95.7 cm³/mol. The van der Waals surface area contributed by atoms with Crippen LogP contribution in [0.5, 0.6) is 0 Å². The van der Waals surface area contributed by atoms with Crippen molar-refractivity contribution in [2.24, 2.45) is 0 Å². The van der Waals surface area contributed by atoms with Gasteiger partial charge >= 0.3 is 0 Å². The van der Waals surface area contributed by atoms with Gasteiger partial charge in [0.25, 0.3) is 0 Å². The van der Waals surface area contributed by atoms with Crippen molar-refractivity contribution in [3.8, 4) is 10.6 Å². The van der Waals surface area contributed by atoms with E-state index < -0.39 is 0 Å². The fourth-order valence-electron chi connectivity index (χ4n) is 3.27. The smallest absolute Gasteiger partial charge is 0.123 e. The van der Waals surface area contributed by atoms with Gasteiger partial charge in [-0.05, 0) is 12.5 Å². The molecule has 0 amide bonds. The Balaban J connectivity index is 1.47. The van der Waals surface area contributed by atoms with Gasteiger partial charge in [0.15, 0.2) is 0 Å². The van der Waals surface area contributed by atoms with E-state index in [2.05, 4.69) is 60.8 Å². The first-order valence-electron chi connectivity index (χ1n) is 8.20. The van der Waals surface area contributed by atoms with Gasteiger partial charge in [-0.15, -0.1) is 11.3 Å². The van der Waals surface area contributed by atoms with E-state index in [1.807, 2.05) is 0 Å². The molecule has 0 fully saturated rings. The van der Waals surface area contributed by atoms with E-state index in [0.717, 1.165) is 18.1 Å². The van der Waals surface area contributed by atoms with Crippen LogP contribution in [-0.2, 0) is 19.5 Å². The van der Waals surface area contributed by atoms with Crippen molar-refractivity contribution < 1.29 is 4.90 Å². The summed E-state index contributed by atoms with van der Waals surface area (Å²) in [6, 6.07) is 17.5. The number of aromatic nitrogens is 1. The first-order chi connectivity index (χ1) is 11.3. The van der Waals surface area contributed by atoms with Crippen molar-refractivity contribution in [2.75, 3.05) is 6.54 Å². The van der Waals surface area contributed by atoms with Crippen LogP contribution in [0, 0.1) is 6.92 Å². The van der Waals surface area contributed by atoms with Gasteiger partial charge in [0, 0.05) is 22.9 Å². The van der Waals surface area contributed by atoms with Gasteiger partial charge in [0.05, 0.1) is 6.54 Å². The second kappa shape index (κ2) is 6.26. The lowest BCUT2D eigenvalue weighted by atomic mass is 10.00. The van der Waals surface area contributed by atoms with Crippen LogP contribution in [0.3, 0.4) is 0 Å². The molecule has 2 aromatic carbocycles. The van der Waals surface area contributed by atoms with Gasteiger partial charge in [0.1, 0.15) is 23.8 Å². The van der Waals surface area contributed by atoms with E-state index in [4.69, 9.17) is 4.98 Å². The fraction of sp³-hybridized carbons (Fsp3) is 0.250. The molecule has 2 nitrogen and oxygen atoms in total. The number of hydrogen-bond acceptors (Lipinski definition) is 2. The zero-order chi connectivity index (χ0) is 15.6. The van der Waals surface area contributed by atoms with Gasteiger partial charge < -0.3 is 4.90 Å². The summed E-state index contributed by atoms with van der Waals surface area (Å²) in [6.07, 6.45) is 1.18. The highest BCUT2D eigenvalue weighted by molar-refractivity contribution is 7.13. The molecule has 2 heterocycles. The Labute approximate surface area is 141 Å². The summed E-state index contributed by atoms with van der Waals surface area (Å²) >= 11 is 1.76. The number of rotatable bonds is 3. The molecule has 1 aromatic heterocycles. The van der Waals surface area contributed by atoms with Crippen LogP contribution >= 0.6 is 11.3 Å². The van der Waals surface area contributed by atoms with Gasteiger partial charge in [-0.25, -0.2) is 4.98 Å². The normalized spacial score (nSPS) is 17.0. The second-order valence-electron chi connectivity index (χ2n) is 6.38. The molecule has 0 saturated carbocycles. The summed E-state index contributed by atoms with van der Waals surface area (Å²) < 4.78 is 0. The number of nitrogens with zero attached hydrogens (tertiary/aromatic N) is 1. The Bertz CT molecular complexity index is 805. The molecule has 0 saturated heterocycles. The standard InChI is InChI=1S/C20H20N2S/c1-15-6-8-17(9-7-15)20-21-19(14-23-20)13-22-11-10-16-4-2-3-5-18(16)12-22/h2-9,14H,10-13H2,1H3/p+1. The number of hydrogen-bond donors (Lipinski definition) is 1. The minimum Gasteiger partial charge on any atom is -0.326 e. The quantitative estimate of drug-likeness (QED) is 0.784. The lowest BCUT2D eigenvalue weighted by molar-refractivity contribution is -0.929. The summed E-state index contributed by atoms with van der Waals surface area (Å²) in [5.41, 5.74) is 6.77. The van der Waals surface area contributed by atoms with E-state index in [-0.39, 0.29) is 0 Å². The van der Waals surface area contributed by atoms with Crippen molar-refractivity contribution in [1.29, 1.82) is 0 Å². The number of thiazole rings is 1. The van der Waals surface area contributed by atoms with E-state index in [1.165, 1.54) is 40.9 Å². The van der Waals surface area contributed by atoms with Gasteiger partial charge in [-0.3, -0.25) is 0 Å². The molecule has 1 unspecified atom stereocenters. The Hall–Kier alpha value is -1.97. The van der Waals surface area contributed by atoms with Gasteiger partial charge in [-0.2, -0.15) is 0 Å². The lowest BCUT2D eigenvalue weighted by Crippen LogP contribution is -3.10. The molecule has 3 heteroatoms. The maximum Gasteiger partial charge on any atom is 0.123 e. The molecule has 1 aliphatic heterocycles. The molecule has 3 aromatic rings. The van der Waals surface area contributed by atoms with Crippen molar-refractivity contribution >= 4 is 11.3 Å². The molecule has 1 aliphatic rings. The van der Waals surface area contributed by atoms with Crippen molar-refractivity contribution in [2.45, 2.75) is 26.4 Å². The Morgan fingerprint density at radius 1 is 1.04 bits per heavy atom. The third kappa shape index (κ3) is 3.21. The summed E-state index contributed by atoms with van der Waals surface area (Å²) in [5.74, 6) is 0. The number of nitrogens with one attached hydrogen (secondary N) is 1. The monoisotopic (exact) mass is 321 g/mol. The minimum absolute atomic E-state index is 1.02. The highest BCUT2D eigenvalue weighted by Crippen LogP contribution is 2.23. The number of aryl methyl sites for hydroxylation is 1. The molecule has 23 heavy (non-hydrogen) atoms. The fourth-order valence-corrected chi connectivity index (χ4v) is 4.09. The van der Waals surface area contributed by atoms with Crippen molar-refractivity contribution in [3.63, 3.8) is 0 Å². The molecule has 0 radical (unpaired) electrons. The third-order valence-electron chi connectivity index (χ3n) is 4.59. The number of quaternary nitrogens is 1. The van der Waals surface area contributed by atoms with E-state index >= 15 is 0 Å². The van der Waals surface area contributed by atoms with Crippen LogP contribution in [0.25, 0.3) is 10.6 Å². The average Bonchev–Trinajstić information content (AvgIpc) is 3.04. The zero-order valence-electron chi connectivity index (χ0n) is 13.4. The molecule has 0 bridgehead atoms. The topological polar surface area (TPSA) is 17.3 Å². The minimum atomic E-state index is 1.02. The van der Waals surface area contributed by atoms with Crippen LogP contribution < -0.4 is 4.90 Å². The van der Waals surface area contributed by atoms with Crippen LogP contribution in [0.1, 0.15) is 22.4 Å². The first-order valence-corrected chi connectivity index (χ1v) is 9.08. The summed E-state index contributed by atoms with van der Waals surface area (Å²) in [4.78, 5) is 6.47. The maximum atomic E-state index is 4.86. The Morgan fingerprint density at radius 2 is 1.83 bits per heavy atom. The molecule has 1 atom stereocenters. The largest absolute Gasteiger partial charge is 0.326 e. The highest BCUT2D eigenvalue weighted by atomic mass is 32.1. The molecule has 1 N–H and O–H groups in total. The number of fused-ring (bicyclic) bond motifs is 1. The van der Waals surface area contributed by atoms with E-state index in [9.17, 15) is 0 Å². The summed E-state index contributed by atoms with van der Waals surface area (Å²) in [6.45, 7) is 5.47. The van der Waals surface area contributed by atoms with Crippen LogP contribution in [0.2, 0.25) is 0 Å². The second-order valence-corrected chi connectivity index (χ2v) is 7.24. The molecular formula is C20H21N2S+. The van der Waals surface area contributed by atoms with Crippen molar-refractivity contribution in [3.05, 3.63) is 76.3 Å². The van der Waals surface area contributed by atoms with E-state index in [1.54, 1.807) is 16.2 Å². The van der Waals surface area contributed by atoms with E-state index in [0.29, 0.717) is 0 Å². The summed E-state index contributed by atoms with van der Waals surface area (Å²) in [7, 11) is 0. The molecular weight excluding hydrogens is 300 g/mol. The predicted octanol–water partition coefficient (Wildman–Crippen LogP) is 3.26. The summed E-state index contributed by atoms with van der Waals surface area (Å²) in [5, 5.41) is 3.36. The van der Waals surface area contributed by atoms with Crippen molar-refractivity contribution in [1.82, 2.24) is 4.98 Å². The van der Waals surface area contributed by atoms with Crippen LogP contribution in [-0.4, -0.2) is 11.5 Å². The number of benzene rings is 2. The molecule has 0 spiro atoms. The van der Waals surface area contributed by atoms with Crippen LogP contribution in [0.4, 0.5) is 0 Å². The third-order valence-corrected chi connectivity index (χ3v) is 5.53. The maximum absolute atomic E-state index is 4.86. The first kappa shape index (κ1) is 14.6. The Kier molecular flexibility index (Phi) is 3.98. The van der Waals surface area contributed by atoms with Gasteiger partial charge in [0.2, 0.25) is 0 Å². The zero-order valence-corrected chi connectivity index (χ0v) is 14.2. The lowest BCUT2D eigenvalue weighted by Gasteiger charge is -2.25.